The molecule has 2 aliphatic carbocycles. The zero-order valence-electron chi connectivity index (χ0n) is 25.2. The molecular formula is C32H47N3O3S2. The molecule has 0 heterocycles. The molecule has 0 amide bonds. The predicted molar refractivity (Wildman–Crippen MR) is 170 cm³/mol. The van der Waals surface area contributed by atoms with E-state index in [9.17, 15) is 13.2 Å². The fraction of sp³-hybridized carbons (Fsp3) is 0.594. The lowest BCUT2D eigenvalue weighted by Gasteiger charge is -2.19. The van der Waals surface area contributed by atoms with Gasteiger partial charge in [0.05, 0.1) is 21.7 Å². The number of hydrogen-bond donors (Lipinski definition) is 1. The zero-order valence-corrected chi connectivity index (χ0v) is 26.9. The Bertz CT molecular complexity index is 1300. The molecule has 0 spiro atoms. The molecule has 8 heteroatoms. The summed E-state index contributed by atoms with van der Waals surface area (Å²) in [4.78, 5) is 23.3. The highest BCUT2D eigenvalue weighted by molar-refractivity contribution is 8.14. The smallest absolute Gasteiger partial charge is 0.214 e. The number of sulfonamides is 1. The summed E-state index contributed by atoms with van der Waals surface area (Å²) in [5, 5.41) is 0.811. The maximum atomic E-state index is 12.5. The first-order chi connectivity index (χ1) is 19.0. The SMILES string of the molecule is C=C(CC)CC(C)=C(N=C(CC(CC)CCCNS(=O)(=O)C1CC1)Sc1cc2c(cc1C)CCC2=O)C(C)=NC. The summed E-state index contributed by atoms with van der Waals surface area (Å²) in [6.07, 6.45) is 8.13. The summed E-state index contributed by atoms with van der Waals surface area (Å²) in [5.74, 6) is 0.581. The van der Waals surface area contributed by atoms with Gasteiger partial charge in [0.2, 0.25) is 10.0 Å². The number of rotatable bonds is 15. The first-order valence-corrected chi connectivity index (χ1v) is 17.1. The van der Waals surface area contributed by atoms with Crippen LogP contribution in [-0.4, -0.2) is 43.8 Å². The Morgan fingerprint density at radius 1 is 1.20 bits per heavy atom. The molecular weight excluding hydrogens is 539 g/mol. The minimum absolute atomic E-state index is 0.187. The topological polar surface area (TPSA) is 88.0 Å². The maximum absolute atomic E-state index is 12.5. The molecule has 1 aromatic rings. The van der Waals surface area contributed by atoms with E-state index in [0.29, 0.717) is 18.9 Å². The molecule has 0 aliphatic heterocycles. The van der Waals surface area contributed by atoms with Crippen LogP contribution in [0.1, 0.15) is 107 Å². The molecule has 0 radical (unpaired) electrons. The first kappa shape index (κ1) is 32.5. The van der Waals surface area contributed by atoms with Gasteiger partial charge in [-0.1, -0.05) is 50.2 Å². The van der Waals surface area contributed by atoms with E-state index < -0.39 is 10.0 Å². The Kier molecular flexibility index (Phi) is 12.0. The summed E-state index contributed by atoms with van der Waals surface area (Å²) in [6.45, 7) is 15.2. The van der Waals surface area contributed by atoms with E-state index in [-0.39, 0.29) is 11.0 Å². The molecule has 1 N–H and O–H groups in total. The van der Waals surface area contributed by atoms with Crippen molar-refractivity contribution in [2.45, 2.75) is 109 Å². The van der Waals surface area contributed by atoms with Crippen molar-refractivity contribution >= 4 is 38.3 Å². The number of benzene rings is 1. The number of thioether (sulfide) groups is 1. The van der Waals surface area contributed by atoms with Crippen LogP contribution >= 0.6 is 11.8 Å². The lowest BCUT2D eigenvalue weighted by atomic mass is 9.97. The molecule has 6 nitrogen and oxygen atoms in total. The summed E-state index contributed by atoms with van der Waals surface area (Å²) >= 11 is 1.66. The molecule has 220 valence electrons. The van der Waals surface area contributed by atoms with E-state index in [0.717, 1.165) is 107 Å². The Balaban J connectivity index is 1.89. The van der Waals surface area contributed by atoms with Crippen molar-refractivity contribution in [2.75, 3.05) is 13.6 Å². The summed E-state index contributed by atoms with van der Waals surface area (Å²) in [7, 11) is -1.35. The van der Waals surface area contributed by atoms with Gasteiger partial charge in [-0.05, 0) is 101 Å². The number of carbonyl (C=O) groups is 1. The van der Waals surface area contributed by atoms with Gasteiger partial charge in [0, 0.05) is 30.5 Å². The average Bonchev–Trinajstić information content (AvgIpc) is 3.73. The van der Waals surface area contributed by atoms with Gasteiger partial charge in [0.15, 0.2) is 5.78 Å². The Hall–Kier alpha value is -2.03. The lowest BCUT2D eigenvalue weighted by molar-refractivity contribution is 0.0994. The van der Waals surface area contributed by atoms with Gasteiger partial charge in [0.25, 0.3) is 0 Å². The first-order valence-electron chi connectivity index (χ1n) is 14.7. The van der Waals surface area contributed by atoms with Crippen molar-refractivity contribution in [3.05, 3.63) is 52.2 Å². The second-order valence-electron chi connectivity index (χ2n) is 11.3. The molecule has 0 bridgehead atoms. The normalized spacial score (nSPS) is 17.6. The third-order valence-electron chi connectivity index (χ3n) is 7.98. The third-order valence-corrected chi connectivity index (χ3v) is 11.1. The van der Waals surface area contributed by atoms with Gasteiger partial charge in [-0.15, -0.1) is 0 Å². The summed E-state index contributed by atoms with van der Waals surface area (Å²) < 4.78 is 27.2. The van der Waals surface area contributed by atoms with Gasteiger partial charge in [-0.25, -0.2) is 18.1 Å². The number of allylic oxidation sites excluding steroid dienone is 3. The Morgan fingerprint density at radius 3 is 2.55 bits per heavy atom. The van der Waals surface area contributed by atoms with Gasteiger partial charge < -0.3 is 0 Å². The van der Waals surface area contributed by atoms with Crippen LogP contribution in [0.25, 0.3) is 0 Å². The van der Waals surface area contributed by atoms with Crippen molar-refractivity contribution in [3.8, 4) is 0 Å². The lowest BCUT2D eigenvalue weighted by Crippen LogP contribution is -2.28. The molecule has 1 unspecified atom stereocenters. The minimum Gasteiger partial charge on any atom is -0.294 e. The van der Waals surface area contributed by atoms with Crippen LogP contribution in [0.4, 0.5) is 0 Å². The highest BCUT2D eigenvalue weighted by Gasteiger charge is 2.35. The van der Waals surface area contributed by atoms with Crippen molar-refractivity contribution in [1.82, 2.24) is 4.72 Å². The molecule has 1 aromatic carbocycles. The standard InChI is InChI=1S/C32H47N3O3S2/c1-8-21(3)17-23(5)32(24(6)33-7)35-31(39-30-20-28-26(18-22(30)4)12-15-29(28)36)19-25(9-2)11-10-16-34-40(37,38)27-13-14-27/h18,20,25,27,34H,3,8-17,19H2,1-2,4-7H3. The highest BCUT2D eigenvalue weighted by Crippen LogP contribution is 2.35. The molecule has 2 aliphatic rings. The molecule has 1 saturated carbocycles. The van der Waals surface area contributed by atoms with Crippen molar-refractivity contribution in [2.24, 2.45) is 15.9 Å². The summed E-state index contributed by atoms with van der Waals surface area (Å²) in [6, 6.07) is 4.22. The third kappa shape index (κ3) is 8.98. The average molecular weight is 586 g/mol. The Labute approximate surface area is 246 Å². The number of nitrogens with zero attached hydrogens (tertiary/aromatic N) is 2. The molecule has 3 rings (SSSR count). The quantitative estimate of drug-likeness (QED) is 0.0754. The number of fused-ring (bicyclic) bond motifs is 1. The maximum Gasteiger partial charge on any atom is 0.214 e. The van der Waals surface area contributed by atoms with Crippen LogP contribution in [0.15, 0.2) is 50.4 Å². The van der Waals surface area contributed by atoms with Gasteiger partial charge in [-0.3, -0.25) is 9.79 Å². The minimum atomic E-state index is -3.15. The van der Waals surface area contributed by atoms with Crippen LogP contribution in [0.3, 0.4) is 0 Å². The zero-order chi connectivity index (χ0) is 29.4. The summed E-state index contributed by atoms with van der Waals surface area (Å²) in [5.41, 5.74) is 7.27. The van der Waals surface area contributed by atoms with E-state index in [4.69, 9.17) is 4.99 Å². The fourth-order valence-electron chi connectivity index (χ4n) is 5.04. The number of carbonyl (C=O) groups excluding carboxylic acids is 1. The van der Waals surface area contributed by atoms with E-state index in [2.05, 4.69) is 56.1 Å². The van der Waals surface area contributed by atoms with Gasteiger partial charge >= 0.3 is 0 Å². The number of Topliss-reactive ketones (excluding diaryl/α,β-unsaturated/α-hetero) is 1. The number of aliphatic imine (C=N–C) groups is 2. The van der Waals surface area contributed by atoms with Crippen LogP contribution in [0.5, 0.6) is 0 Å². The van der Waals surface area contributed by atoms with E-state index >= 15 is 0 Å². The Morgan fingerprint density at radius 2 is 1.93 bits per heavy atom. The van der Waals surface area contributed by atoms with Crippen LogP contribution in [0, 0.1) is 12.8 Å². The molecule has 1 fully saturated rings. The molecule has 0 aromatic heterocycles. The molecule has 40 heavy (non-hydrogen) atoms. The highest BCUT2D eigenvalue weighted by atomic mass is 32.2. The van der Waals surface area contributed by atoms with Crippen LogP contribution in [-0.2, 0) is 16.4 Å². The van der Waals surface area contributed by atoms with Crippen molar-refractivity contribution < 1.29 is 13.2 Å². The number of hydrogen-bond acceptors (Lipinski definition) is 6. The van der Waals surface area contributed by atoms with Gasteiger partial charge in [0.1, 0.15) is 0 Å². The second kappa shape index (κ2) is 14.7. The van der Waals surface area contributed by atoms with Gasteiger partial charge in [-0.2, -0.15) is 0 Å². The van der Waals surface area contributed by atoms with Crippen LogP contribution < -0.4 is 4.72 Å². The molecule has 1 atom stereocenters. The van der Waals surface area contributed by atoms with Crippen LogP contribution in [0.2, 0.25) is 0 Å². The number of nitrogens with one attached hydrogen (secondary N) is 1. The predicted octanol–water partition coefficient (Wildman–Crippen LogP) is 7.61. The van der Waals surface area contributed by atoms with E-state index in [1.165, 1.54) is 0 Å². The second-order valence-corrected chi connectivity index (χ2v) is 14.4. The van der Waals surface area contributed by atoms with E-state index in [1.54, 1.807) is 18.8 Å². The van der Waals surface area contributed by atoms with Crippen molar-refractivity contribution in [1.29, 1.82) is 0 Å². The van der Waals surface area contributed by atoms with E-state index in [1.807, 2.05) is 6.92 Å². The monoisotopic (exact) mass is 585 g/mol. The number of aryl methyl sites for hydroxylation is 2. The number of ketones is 1. The fourth-order valence-corrected chi connectivity index (χ4v) is 7.57. The van der Waals surface area contributed by atoms with Crippen molar-refractivity contribution in [3.63, 3.8) is 0 Å². The molecule has 0 saturated heterocycles. The largest absolute Gasteiger partial charge is 0.294 e.